The first-order valence-corrected chi connectivity index (χ1v) is 4.63. The topological polar surface area (TPSA) is 15.6 Å². The van der Waals surface area contributed by atoms with Crippen LogP contribution in [0.1, 0.15) is 34.1 Å². The molecule has 0 saturated heterocycles. The smallest absolute Gasteiger partial charge is 0.107 e. The molecule has 0 atom stereocenters. The van der Waals surface area contributed by atoms with Gasteiger partial charge in [0.05, 0.1) is 0 Å². The monoisotopic (exact) mass is 166 g/mol. The summed E-state index contributed by atoms with van der Waals surface area (Å²) in [5, 5.41) is 0. The molecule has 0 aromatic heterocycles. The molecular formula is C10H18N2. The fourth-order valence-electron chi connectivity index (χ4n) is 1.35. The van der Waals surface area contributed by atoms with E-state index in [2.05, 4.69) is 49.9 Å². The molecule has 0 bridgehead atoms. The Hall–Kier alpha value is -0.790. The highest BCUT2D eigenvalue weighted by Gasteiger charge is 2.15. The van der Waals surface area contributed by atoms with E-state index in [4.69, 9.17) is 0 Å². The van der Waals surface area contributed by atoms with Gasteiger partial charge in [0.1, 0.15) is 5.84 Å². The lowest BCUT2D eigenvalue weighted by Crippen LogP contribution is -2.29. The van der Waals surface area contributed by atoms with Gasteiger partial charge in [0.2, 0.25) is 0 Å². The van der Waals surface area contributed by atoms with E-state index >= 15 is 0 Å². The highest BCUT2D eigenvalue weighted by atomic mass is 15.2. The number of nitrogens with zero attached hydrogens (tertiary/aromatic N) is 2. The highest BCUT2D eigenvalue weighted by molar-refractivity contribution is 5.87. The summed E-state index contributed by atoms with van der Waals surface area (Å²) in [5.41, 5.74) is 0. The van der Waals surface area contributed by atoms with Gasteiger partial charge in [-0.3, -0.25) is 4.99 Å². The van der Waals surface area contributed by atoms with Gasteiger partial charge in [-0.25, -0.2) is 0 Å². The van der Waals surface area contributed by atoms with Crippen LogP contribution in [0.3, 0.4) is 0 Å². The van der Waals surface area contributed by atoms with Gasteiger partial charge in [-0.1, -0.05) is 6.08 Å². The van der Waals surface area contributed by atoms with E-state index < -0.39 is 0 Å². The Balaban J connectivity index is 2.68. The van der Waals surface area contributed by atoms with Gasteiger partial charge in [-0.15, -0.1) is 0 Å². The number of hydrogen-bond acceptors (Lipinski definition) is 1. The summed E-state index contributed by atoms with van der Waals surface area (Å²) in [6, 6.07) is 0.933. The summed E-state index contributed by atoms with van der Waals surface area (Å²) in [6.45, 7) is 8.60. The molecule has 0 aromatic rings. The molecule has 0 radical (unpaired) electrons. The SMILES string of the molecule is CC(C)N=C1CC=CN1C(C)C. The minimum absolute atomic E-state index is 0.404. The molecule has 0 saturated carbocycles. The Kier molecular flexibility index (Phi) is 2.90. The van der Waals surface area contributed by atoms with E-state index in [0.717, 1.165) is 6.42 Å². The van der Waals surface area contributed by atoms with Gasteiger partial charge >= 0.3 is 0 Å². The standard InChI is InChI=1S/C10H18N2/c1-8(2)11-10-6-5-7-12(10)9(3)4/h5,7-9H,6H2,1-4H3. The molecule has 2 nitrogen and oxygen atoms in total. The predicted octanol–water partition coefficient (Wildman–Crippen LogP) is 2.42. The van der Waals surface area contributed by atoms with Gasteiger partial charge in [0.15, 0.2) is 0 Å². The highest BCUT2D eigenvalue weighted by Crippen LogP contribution is 2.13. The first-order valence-electron chi connectivity index (χ1n) is 4.63. The number of hydrogen-bond donors (Lipinski definition) is 0. The van der Waals surface area contributed by atoms with Crippen molar-refractivity contribution in [2.45, 2.75) is 46.2 Å². The van der Waals surface area contributed by atoms with Crippen molar-refractivity contribution in [2.75, 3.05) is 0 Å². The van der Waals surface area contributed by atoms with Crippen LogP contribution in [0.25, 0.3) is 0 Å². The predicted molar refractivity (Wildman–Crippen MR) is 53.3 cm³/mol. The van der Waals surface area contributed by atoms with Crippen molar-refractivity contribution >= 4 is 5.84 Å². The first kappa shape index (κ1) is 9.30. The van der Waals surface area contributed by atoms with Crippen LogP contribution < -0.4 is 0 Å². The summed E-state index contributed by atoms with van der Waals surface area (Å²) in [6.07, 6.45) is 5.30. The normalized spacial score (nSPS) is 20.5. The van der Waals surface area contributed by atoms with Crippen molar-refractivity contribution in [3.8, 4) is 0 Å². The minimum atomic E-state index is 0.404. The summed E-state index contributed by atoms with van der Waals surface area (Å²) >= 11 is 0. The fraction of sp³-hybridized carbons (Fsp3) is 0.700. The second-order valence-corrected chi connectivity index (χ2v) is 3.73. The number of aliphatic imine (C=N–C) groups is 1. The summed E-state index contributed by atoms with van der Waals surface area (Å²) in [7, 11) is 0. The molecule has 12 heavy (non-hydrogen) atoms. The molecular weight excluding hydrogens is 148 g/mol. The molecule has 0 spiro atoms. The van der Waals surface area contributed by atoms with Crippen molar-refractivity contribution in [3.05, 3.63) is 12.3 Å². The summed E-state index contributed by atoms with van der Waals surface area (Å²) in [5.74, 6) is 1.21. The Morgan fingerprint density at radius 2 is 2.00 bits per heavy atom. The average Bonchev–Trinajstić information content (AvgIpc) is 2.33. The maximum absolute atomic E-state index is 4.56. The van der Waals surface area contributed by atoms with Crippen molar-refractivity contribution in [1.82, 2.24) is 4.90 Å². The maximum Gasteiger partial charge on any atom is 0.107 e. The molecule has 1 aliphatic heterocycles. The van der Waals surface area contributed by atoms with Crippen LogP contribution in [-0.4, -0.2) is 22.8 Å². The third-order valence-corrected chi connectivity index (χ3v) is 1.83. The quantitative estimate of drug-likeness (QED) is 0.615. The lowest BCUT2D eigenvalue weighted by molar-refractivity contribution is 0.461. The zero-order valence-corrected chi connectivity index (χ0v) is 8.41. The number of rotatable bonds is 2. The van der Waals surface area contributed by atoms with Crippen LogP contribution in [0.4, 0.5) is 0 Å². The molecule has 0 N–H and O–H groups in total. The van der Waals surface area contributed by atoms with Gasteiger partial charge in [0.25, 0.3) is 0 Å². The van der Waals surface area contributed by atoms with Gasteiger partial charge in [-0.2, -0.15) is 0 Å². The van der Waals surface area contributed by atoms with E-state index in [9.17, 15) is 0 Å². The minimum Gasteiger partial charge on any atom is -0.334 e. The Morgan fingerprint density at radius 1 is 1.33 bits per heavy atom. The number of amidine groups is 1. The zero-order chi connectivity index (χ0) is 9.14. The van der Waals surface area contributed by atoms with Crippen molar-refractivity contribution in [3.63, 3.8) is 0 Å². The van der Waals surface area contributed by atoms with Crippen LogP contribution in [0.15, 0.2) is 17.3 Å². The van der Waals surface area contributed by atoms with E-state index in [1.807, 2.05) is 0 Å². The Labute approximate surface area is 75.0 Å². The van der Waals surface area contributed by atoms with Gasteiger partial charge in [0, 0.05) is 24.7 Å². The van der Waals surface area contributed by atoms with Gasteiger partial charge < -0.3 is 4.90 Å². The van der Waals surface area contributed by atoms with Crippen molar-refractivity contribution < 1.29 is 0 Å². The molecule has 0 fully saturated rings. The fourth-order valence-corrected chi connectivity index (χ4v) is 1.35. The van der Waals surface area contributed by atoms with Crippen molar-refractivity contribution in [1.29, 1.82) is 0 Å². The van der Waals surface area contributed by atoms with E-state index in [0.29, 0.717) is 12.1 Å². The maximum atomic E-state index is 4.56. The molecule has 0 aromatic carbocycles. The average molecular weight is 166 g/mol. The second kappa shape index (κ2) is 3.74. The lowest BCUT2D eigenvalue weighted by atomic mass is 10.3. The molecule has 1 heterocycles. The van der Waals surface area contributed by atoms with E-state index in [1.54, 1.807) is 0 Å². The van der Waals surface area contributed by atoms with Crippen LogP contribution >= 0.6 is 0 Å². The van der Waals surface area contributed by atoms with Crippen LogP contribution in [0.5, 0.6) is 0 Å². The van der Waals surface area contributed by atoms with Crippen LogP contribution in [0.2, 0.25) is 0 Å². The Bertz CT molecular complexity index is 202. The van der Waals surface area contributed by atoms with Crippen LogP contribution in [0, 0.1) is 0 Å². The molecule has 68 valence electrons. The van der Waals surface area contributed by atoms with Crippen molar-refractivity contribution in [2.24, 2.45) is 4.99 Å². The van der Waals surface area contributed by atoms with Crippen LogP contribution in [-0.2, 0) is 0 Å². The third kappa shape index (κ3) is 2.10. The zero-order valence-electron chi connectivity index (χ0n) is 8.41. The largest absolute Gasteiger partial charge is 0.334 e. The molecule has 1 rings (SSSR count). The van der Waals surface area contributed by atoms with E-state index in [-0.39, 0.29) is 0 Å². The first-order chi connectivity index (χ1) is 5.61. The third-order valence-electron chi connectivity index (χ3n) is 1.83. The molecule has 0 amide bonds. The molecule has 0 unspecified atom stereocenters. The summed E-state index contributed by atoms with van der Waals surface area (Å²) < 4.78 is 0. The van der Waals surface area contributed by atoms with E-state index in [1.165, 1.54) is 5.84 Å². The molecule has 0 aliphatic carbocycles. The molecule has 2 heteroatoms. The van der Waals surface area contributed by atoms with Gasteiger partial charge in [-0.05, 0) is 27.7 Å². The lowest BCUT2D eigenvalue weighted by Gasteiger charge is -2.22. The molecule has 1 aliphatic rings. The second-order valence-electron chi connectivity index (χ2n) is 3.73. The Morgan fingerprint density at radius 3 is 2.50 bits per heavy atom. The summed E-state index contributed by atoms with van der Waals surface area (Å²) in [4.78, 5) is 6.80.